The quantitative estimate of drug-likeness (QED) is 0.941. The van der Waals surface area contributed by atoms with Gasteiger partial charge in [-0.3, -0.25) is 0 Å². The molecule has 0 bridgehead atoms. The predicted molar refractivity (Wildman–Crippen MR) is 83.3 cm³/mol. The van der Waals surface area contributed by atoms with Crippen molar-refractivity contribution in [2.24, 2.45) is 0 Å². The second-order valence-corrected chi connectivity index (χ2v) is 6.02. The number of para-hydroxylation sites is 2. The summed E-state index contributed by atoms with van der Waals surface area (Å²) in [5.74, 6) is 0.984. The number of hydrogen-bond donors (Lipinski definition) is 1. The summed E-state index contributed by atoms with van der Waals surface area (Å²) >= 11 is 0. The average molecular weight is 288 g/mol. The average Bonchev–Trinajstić information content (AvgIpc) is 2.83. The van der Waals surface area contributed by atoms with Crippen LogP contribution in [0.25, 0.3) is 11.0 Å². The Morgan fingerprint density at radius 1 is 1.38 bits per heavy atom. The van der Waals surface area contributed by atoms with Crippen molar-refractivity contribution in [1.82, 2.24) is 9.55 Å². The third-order valence-corrected chi connectivity index (χ3v) is 4.52. The number of hydrogen-bond acceptors (Lipinski definition) is 3. The third kappa shape index (κ3) is 2.83. The first-order chi connectivity index (χ1) is 10.1. The van der Waals surface area contributed by atoms with E-state index in [4.69, 9.17) is 9.72 Å². The van der Waals surface area contributed by atoms with Gasteiger partial charge in [0.25, 0.3) is 0 Å². The Balaban J connectivity index is 1.90. The van der Waals surface area contributed by atoms with E-state index in [1.807, 2.05) is 18.2 Å². The van der Waals surface area contributed by atoms with Crippen molar-refractivity contribution >= 4 is 11.0 Å². The van der Waals surface area contributed by atoms with Crippen LogP contribution in [-0.4, -0.2) is 33.0 Å². The van der Waals surface area contributed by atoms with Crippen molar-refractivity contribution in [3.05, 3.63) is 30.1 Å². The van der Waals surface area contributed by atoms with Crippen molar-refractivity contribution in [2.45, 2.75) is 57.8 Å². The minimum absolute atomic E-state index is 0.170. The summed E-state index contributed by atoms with van der Waals surface area (Å²) in [4.78, 5) is 4.74. The zero-order valence-electron chi connectivity index (χ0n) is 12.9. The van der Waals surface area contributed by atoms with Gasteiger partial charge in [0, 0.05) is 32.4 Å². The molecule has 4 heteroatoms. The van der Waals surface area contributed by atoms with Gasteiger partial charge in [-0.05, 0) is 25.5 Å². The van der Waals surface area contributed by atoms with E-state index in [0.717, 1.165) is 29.8 Å². The molecule has 21 heavy (non-hydrogen) atoms. The highest BCUT2D eigenvalue weighted by Gasteiger charge is 2.35. The maximum atomic E-state index is 10.9. The van der Waals surface area contributed by atoms with Crippen molar-refractivity contribution in [1.29, 1.82) is 0 Å². The molecule has 1 N–H and O–H groups in total. The first-order valence-corrected chi connectivity index (χ1v) is 7.93. The summed E-state index contributed by atoms with van der Waals surface area (Å²) in [7, 11) is 0. The van der Waals surface area contributed by atoms with Crippen LogP contribution in [0, 0.1) is 0 Å². The largest absolute Gasteiger partial charge is 0.389 e. The smallest absolute Gasteiger partial charge is 0.112 e. The minimum Gasteiger partial charge on any atom is -0.389 e. The molecule has 3 rings (SSSR count). The summed E-state index contributed by atoms with van der Waals surface area (Å²) in [6.07, 6.45) is 3.12. The number of nitrogens with zero attached hydrogens (tertiary/aromatic N) is 2. The van der Waals surface area contributed by atoms with Crippen LogP contribution >= 0.6 is 0 Å². The van der Waals surface area contributed by atoms with E-state index in [-0.39, 0.29) is 6.10 Å². The molecule has 0 radical (unpaired) electrons. The van der Waals surface area contributed by atoms with E-state index < -0.39 is 5.60 Å². The topological polar surface area (TPSA) is 47.3 Å². The summed E-state index contributed by atoms with van der Waals surface area (Å²) in [5, 5.41) is 10.9. The fourth-order valence-electron chi connectivity index (χ4n) is 3.33. The van der Waals surface area contributed by atoms with E-state index >= 15 is 0 Å². The maximum absolute atomic E-state index is 10.9. The van der Waals surface area contributed by atoms with Crippen molar-refractivity contribution < 1.29 is 9.84 Å². The molecule has 2 heterocycles. The van der Waals surface area contributed by atoms with Crippen molar-refractivity contribution in [3.63, 3.8) is 0 Å². The fraction of sp³-hybridized carbons (Fsp3) is 0.588. The highest BCUT2D eigenvalue weighted by Crippen LogP contribution is 2.30. The molecular formula is C17H24N2O2. The lowest BCUT2D eigenvalue weighted by atomic mass is 9.86. The van der Waals surface area contributed by atoms with Crippen LogP contribution in [0.5, 0.6) is 0 Å². The van der Waals surface area contributed by atoms with Crippen LogP contribution in [0.15, 0.2) is 24.3 Å². The Morgan fingerprint density at radius 2 is 2.19 bits per heavy atom. The van der Waals surface area contributed by atoms with Gasteiger partial charge in [0.05, 0.1) is 22.7 Å². The Hall–Kier alpha value is -1.39. The van der Waals surface area contributed by atoms with Gasteiger partial charge in [-0.1, -0.05) is 19.1 Å². The molecule has 2 unspecified atom stereocenters. The minimum atomic E-state index is -0.687. The van der Waals surface area contributed by atoms with Gasteiger partial charge in [0.15, 0.2) is 0 Å². The molecule has 1 aliphatic heterocycles. The molecule has 1 aromatic carbocycles. The van der Waals surface area contributed by atoms with E-state index in [0.29, 0.717) is 25.9 Å². The van der Waals surface area contributed by atoms with Crippen LogP contribution < -0.4 is 0 Å². The van der Waals surface area contributed by atoms with E-state index in [1.54, 1.807) is 0 Å². The lowest BCUT2D eigenvalue weighted by Crippen LogP contribution is -2.42. The molecule has 1 aliphatic rings. The van der Waals surface area contributed by atoms with Gasteiger partial charge in [-0.15, -0.1) is 0 Å². The summed E-state index contributed by atoms with van der Waals surface area (Å²) in [5.41, 5.74) is 1.47. The van der Waals surface area contributed by atoms with Gasteiger partial charge in [-0.25, -0.2) is 4.98 Å². The normalized spacial score (nSPS) is 26.3. The molecule has 0 saturated carbocycles. The van der Waals surface area contributed by atoms with Gasteiger partial charge in [0.2, 0.25) is 0 Å². The number of rotatable bonds is 4. The molecule has 4 nitrogen and oxygen atoms in total. The zero-order valence-corrected chi connectivity index (χ0v) is 12.9. The van der Waals surface area contributed by atoms with Gasteiger partial charge in [0.1, 0.15) is 5.82 Å². The molecule has 2 atom stereocenters. The lowest BCUT2D eigenvalue weighted by Gasteiger charge is -2.36. The highest BCUT2D eigenvalue weighted by atomic mass is 16.5. The Kier molecular flexibility index (Phi) is 4.00. The number of aromatic nitrogens is 2. The summed E-state index contributed by atoms with van der Waals surface area (Å²) in [6, 6.07) is 8.18. The summed E-state index contributed by atoms with van der Waals surface area (Å²) < 4.78 is 7.90. The SMILES string of the molecule is CCC1CC(O)(Cc2nc3ccccc3n2CC)CCO1. The molecule has 2 aromatic rings. The van der Waals surface area contributed by atoms with Gasteiger partial charge >= 0.3 is 0 Å². The molecule has 1 fully saturated rings. The molecular weight excluding hydrogens is 264 g/mol. The standard InChI is InChI=1S/C17H24N2O2/c1-3-13-11-17(20,9-10-21-13)12-16-18-14-7-5-6-8-15(14)19(16)4-2/h5-8,13,20H,3-4,9-12H2,1-2H3. The van der Waals surface area contributed by atoms with Gasteiger partial charge < -0.3 is 14.4 Å². The van der Waals surface area contributed by atoms with Crippen LogP contribution in [0.1, 0.15) is 38.9 Å². The van der Waals surface area contributed by atoms with Crippen LogP contribution in [0.3, 0.4) is 0 Å². The fourth-order valence-corrected chi connectivity index (χ4v) is 3.33. The van der Waals surface area contributed by atoms with Crippen LogP contribution in [0.2, 0.25) is 0 Å². The first-order valence-electron chi connectivity index (χ1n) is 7.93. The van der Waals surface area contributed by atoms with E-state index in [2.05, 4.69) is 24.5 Å². The van der Waals surface area contributed by atoms with E-state index in [9.17, 15) is 5.11 Å². The Labute approximate surface area is 125 Å². The van der Waals surface area contributed by atoms with Crippen molar-refractivity contribution in [3.8, 4) is 0 Å². The molecule has 1 saturated heterocycles. The number of benzene rings is 1. The number of fused-ring (bicyclic) bond motifs is 1. The number of imidazole rings is 1. The second-order valence-electron chi connectivity index (χ2n) is 6.02. The maximum Gasteiger partial charge on any atom is 0.112 e. The van der Waals surface area contributed by atoms with Crippen LogP contribution in [0.4, 0.5) is 0 Å². The number of aryl methyl sites for hydroxylation is 1. The second kappa shape index (κ2) is 5.78. The first kappa shape index (κ1) is 14.5. The lowest BCUT2D eigenvalue weighted by molar-refractivity contribution is -0.104. The molecule has 0 amide bonds. The molecule has 114 valence electrons. The Bertz CT molecular complexity index is 622. The predicted octanol–water partition coefficient (Wildman–Crippen LogP) is 2.92. The number of ether oxygens (including phenoxy) is 1. The molecule has 1 aromatic heterocycles. The molecule has 0 spiro atoms. The van der Waals surface area contributed by atoms with Crippen LogP contribution in [-0.2, 0) is 17.7 Å². The summed E-state index contributed by atoms with van der Waals surface area (Å²) in [6.45, 7) is 5.75. The number of aliphatic hydroxyl groups is 1. The van der Waals surface area contributed by atoms with Crippen molar-refractivity contribution in [2.75, 3.05) is 6.61 Å². The third-order valence-electron chi connectivity index (χ3n) is 4.52. The zero-order chi connectivity index (χ0) is 14.9. The highest BCUT2D eigenvalue weighted by molar-refractivity contribution is 5.75. The van der Waals surface area contributed by atoms with Gasteiger partial charge in [-0.2, -0.15) is 0 Å². The Morgan fingerprint density at radius 3 is 2.95 bits per heavy atom. The monoisotopic (exact) mass is 288 g/mol. The van der Waals surface area contributed by atoms with E-state index in [1.165, 1.54) is 0 Å². The molecule has 0 aliphatic carbocycles.